The van der Waals surface area contributed by atoms with Crippen LogP contribution in [0.1, 0.15) is 5.56 Å². The zero-order valence-corrected chi connectivity index (χ0v) is 8.64. The Labute approximate surface area is 88.9 Å². The van der Waals surface area contributed by atoms with Crippen molar-refractivity contribution in [2.75, 3.05) is 0 Å². The summed E-state index contributed by atoms with van der Waals surface area (Å²) >= 11 is 3.24. The molecule has 5 heteroatoms. The third-order valence-corrected chi connectivity index (χ3v) is 2.09. The Morgan fingerprint density at radius 2 is 2.29 bits per heavy atom. The number of hydrogen-bond acceptors (Lipinski definition) is 3. The number of nitrogens with zero attached hydrogens (tertiary/aromatic N) is 4. The molecule has 0 atom stereocenters. The highest BCUT2D eigenvalue weighted by atomic mass is 79.9. The van der Waals surface area contributed by atoms with Gasteiger partial charge in [-0.2, -0.15) is 10.4 Å². The van der Waals surface area contributed by atoms with E-state index in [1.54, 1.807) is 35.3 Å². The molecule has 0 aliphatic carbocycles. The third-order valence-electron chi connectivity index (χ3n) is 1.67. The van der Waals surface area contributed by atoms with E-state index in [-0.39, 0.29) is 0 Å². The predicted molar refractivity (Wildman–Crippen MR) is 53.8 cm³/mol. The van der Waals surface area contributed by atoms with Gasteiger partial charge in [0.05, 0.1) is 11.6 Å². The van der Waals surface area contributed by atoms with E-state index in [0.717, 1.165) is 4.60 Å². The van der Waals surface area contributed by atoms with Gasteiger partial charge < -0.3 is 0 Å². The average Bonchev–Trinajstić information content (AvgIpc) is 2.65. The Kier molecular flexibility index (Phi) is 2.29. The van der Waals surface area contributed by atoms with Crippen molar-refractivity contribution in [1.82, 2.24) is 14.8 Å². The largest absolute Gasteiger partial charge is 0.237 e. The summed E-state index contributed by atoms with van der Waals surface area (Å²) in [7, 11) is 0. The van der Waals surface area contributed by atoms with Crippen LogP contribution in [0.15, 0.2) is 35.2 Å². The molecule has 0 aromatic carbocycles. The highest BCUT2D eigenvalue weighted by Crippen LogP contribution is 2.09. The first-order chi connectivity index (χ1) is 6.79. The van der Waals surface area contributed by atoms with E-state index >= 15 is 0 Å². The Balaban J connectivity index is 2.47. The summed E-state index contributed by atoms with van der Waals surface area (Å²) in [5.74, 6) is 0.634. The second kappa shape index (κ2) is 3.60. The van der Waals surface area contributed by atoms with Crippen LogP contribution in [-0.2, 0) is 0 Å². The number of nitriles is 1. The summed E-state index contributed by atoms with van der Waals surface area (Å²) in [5.41, 5.74) is 0.571. The molecule has 2 heterocycles. The van der Waals surface area contributed by atoms with Crippen LogP contribution >= 0.6 is 15.9 Å². The van der Waals surface area contributed by atoms with Gasteiger partial charge in [-0.3, -0.25) is 0 Å². The standard InChI is InChI=1S/C9H5BrN4/c10-8-2-4-14(13-8)9-5-7(6-11)1-3-12-9/h1-5H. The topological polar surface area (TPSA) is 54.5 Å². The maximum absolute atomic E-state index is 8.70. The van der Waals surface area contributed by atoms with Crippen LogP contribution in [-0.4, -0.2) is 14.8 Å². The summed E-state index contributed by atoms with van der Waals surface area (Å²) in [5, 5.41) is 12.8. The lowest BCUT2D eigenvalue weighted by Crippen LogP contribution is -1.97. The molecule has 2 aromatic heterocycles. The van der Waals surface area contributed by atoms with E-state index in [0.29, 0.717) is 11.4 Å². The lowest BCUT2D eigenvalue weighted by molar-refractivity contribution is 0.838. The lowest BCUT2D eigenvalue weighted by atomic mass is 10.3. The maximum Gasteiger partial charge on any atom is 0.154 e. The Morgan fingerprint density at radius 1 is 1.43 bits per heavy atom. The smallest absolute Gasteiger partial charge is 0.154 e. The van der Waals surface area contributed by atoms with E-state index in [1.165, 1.54) is 0 Å². The van der Waals surface area contributed by atoms with E-state index in [4.69, 9.17) is 5.26 Å². The molecule has 2 rings (SSSR count). The molecule has 0 saturated heterocycles. The van der Waals surface area contributed by atoms with Gasteiger partial charge >= 0.3 is 0 Å². The van der Waals surface area contributed by atoms with Gasteiger partial charge in [0, 0.05) is 18.5 Å². The van der Waals surface area contributed by atoms with Crippen molar-refractivity contribution in [2.24, 2.45) is 0 Å². The van der Waals surface area contributed by atoms with Gasteiger partial charge in [-0.05, 0) is 28.1 Å². The van der Waals surface area contributed by atoms with Crippen LogP contribution < -0.4 is 0 Å². The molecule has 0 aliphatic rings. The first-order valence-electron chi connectivity index (χ1n) is 3.87. The molecule has 0 radical (unpaired) electrons. The SMILES string of the molecule is N#Cc1ccnc(-n2ccc(Br)n2)c1. The quantitative estimate of drug-likeness (QED) is 0.775. The Hall–Kier alpha value is -1.67. The Morgan fingerprint density at radius 3 is 2.93 bits per heavy atom. The molecule has 0 saturated carbocycles. The molecule has 0 unspecified atom stereocenters. The van der Waals surface area contributed by atoms with Crippen LogP contribution in [0.4, 0.5) is 0 Å². The van der Waals surface area contributed by atoms with Crippen molar-refractivity contribution in [3.63, 3.8) is 0 Å². The minimum Gasteiger partial charge on any atom is -0.237 e. The highest BCUT2D eigenvalue weighted by molar-refractivity contribution is 9.10. The van der Waals surface area contributed by atoms with Gasteiger partial charge in [0.15, 0.2) is 5.82 Å². The molecule has 0 bridgehead atoms. The van der Waals surface area contributed by atoms with E-state index in [1.807, 2.05) is 0 Å². The molecular weight excluding hydrogens is 244 g/mol. The van der Waals surface area contributed by atoms with Crippen LogP contribution in [0.25, 0.3) is 5.82 Å². The van der Waals surface area contributed by atoms with E-state index < -0.39 is 0 Å². The summed E-state index contributed by atoms with van der Waals surface area (Å²) < 4.78 is 2.34. The zero-order chi connectivity index (χ0) is 9.97. The minimum absolute atomic E-state index is 0.571. The molecule has 68 valence electrons. The van der Waals surface area contributed by atoms with E-state index in [9.17, 15) is 0 Å². The van der Waals surface area contributed by atoms with Crippen LogP contribution in [0.2, 0.25) is 0 Å². The summed E-state index contributed by atoms with van der Waals surface area (Å²) in [6, 6.07) is 7.19. The maximum atomic E-state index is 8.70. The van der Waals surface area contributed by atoms with Crippen molar-refractivity contribution in [3.8, 4) is 11.9 Å². The molecule has 4 nitrogen and oxygen atoms in total. The van der Waals surface area contributed by atoms with E-state index in [2.05, 4.69) is 32.1 Å². The van der Waals surface area contributed by atoms with Gasteiger partial charge in [-0.1, -0.05) is 0 Å². The first kappa shape index (κ1) is 8.91. The third kappa shape index (κ3) is 1.65. The molecular formula is C9H5BrN4. The first-order valence-corrected chi connectivity index (χ1v) is 4.66. The van der Waals surface area contributed by atoms with Crippen molar-refractivity contribution in [1.29, 1.82) is 5.26 Å². The van der Waals surface area contributed by atoms with Crippen molar-refractivity contribution in [2.45, 2.75) is 0 Å². The van der Waals surface area contributed by atoms with Gasteiger partial charge in [0.25, 0.3) is 0 Å². The summed E-state index contributed by atoms with van der Waals surface area (Å²) in [6.07, 6.45) is 3.36. The van der Waals surface area contributed by atoms with Crippen molar-refractivity contribution >= 4 is 15.9 Å². The average molecular weight is 249 g/mol. The number of hydrogen-bond donors (Lipinski definition) is 0. The van der Waals surface area contributed by atoms with Crippen LogP contribution in [0.3, 0.4) is 0 Å². The van der Waals surface area contributed by atoms with Crippen LogP contribution in [0.5, 0.6) is 0 Å². The monoisotopic (exact) mass is 248 g/mol. The Bertz CT molecular complexity index is 498. The normalized spacial score (nSPS) is 9.71. The molecule has 2 aromatic rings. The molecule has 14 heavy (non-hydrogen) atoms. The molecule has 0 N–H and O–H groups in total. The lowest BCUT2D eigenvalue weighted by Gasteiger charge is -1.98. The van der Waals surface area contributed by atoms with Gasteiger partial charge in [-0.15, -0.1) is 0 Å². The number of pyridine rings is 1. The van der Waals surface area contributed by atoms with Crippen LogP contribution in [0, 0.1) is 11.3 Å². The van der Waals surface area contributed by atoms with Gasteiger partial charge in [0.2, 0.25) is 0 Å². The number of halogens is 1. The molecule has 0 amide bonds. The zero-order valence-electron chi connectivity index (χ0n) is 7.05. The minimum atomic E-state index is 0.571. The molecule has 0 aliphatic heterocycles. The fourth-order valence-electron chi connectivity index (χ4n) is 1.04. The fraction of sp³-hybridized carbons (Fsp3) is 0. The van der Waals surface area contributed by atoms with Gasteiger partial charge in [0.1, 0.15) is 4.60 Å². The second-order valence-electron chi connectivity index (χ2n) is 2.60. The number of rotatable bonds is 1. The predicted octanol–water partition coefficient (Wildman–Crippen LogP) is 1.90. The fourth-order valence-corrected chi connectivity index (χ4v) is 1.33. The molecule has 0 spiro atoms. The van der Waals surface area contributed by atoms with Gasteiger partial charge in [-0.25, -0.2) is 9.67 Å². The molecule has 0 fully saturated rings. The summed E-state index contributed by atoms with van der Waals surface area (Å²) in [6.45, 7) is 0. The second-order valence-corrected chi connectivity index (χ2v) is 3.41. The summed E-state index contributed by atoms with van der Waals surface area (Å²) in [4.78, 5) is 4.10. The van der Waals surface area contributed by atoms with Crippen molar-refractivity contribution in [3.05, 3.63) is 40.8 Å². The number of aromatic nitrogens is 3. The highest BCUT2D eigenvalue weighted by Gasteiger charge is 2.00. The van der Waals surface area contributed by atoms with Crippen molar-refractivity contribution < 1.29 is 0 Å².